The number of β-lactam (4-membered cyclic amide) rings is 1. The van der Waals surface area contributed by atoms with Crippen molar-refractivity contribution in [3.05, 3.63) is 58.0 Å². The van der Waals surface area contributed by atoms with Gasteiger partial charge in [0, 0.05) is 4.75 Å². The number of nitrogens with two attached hydrogens (primary N) is 1. The number of carbonyl (C=O) groups is 3. The van der Waals surface area contributed by atoms with Crippen molar-refractivity contribution < 1.29 is 28.0 Å². The second-order valence-corrected chi connectivity index (χ2v) is 9.95. The Morgan fingerprint density at radius 2 is 1.94 bits per heavy atom. The summed E-state index contributed by atoms with van der Waals surface area (Å²) in [4.78, 5) is 50.8. The van der Waals surface area contributed by atoms with Gasteiger partial charge in [0.25, 0.3) is 0 Å². The zero-order valence-corrected chi connectivity index (χ0v) is 18.5. The Kier molecular flexibility index (Phi) is 5.63. The molecule has 2 fully saturated rings. The van der Waals surface area contributed by atoms with Gasteiger partial charge < -0.3 is 29.5 Å². The molecule has 2 aliphatic heterocycles. The molecule has 0 spiro atoms. The van der Waals surface area contributed by atoms with Crippen LogP contribution in [0, 0.1) is 6.92 Å². The number of carbonyl (C=O) groups excluding carboxylic acids is 3. The molecule has 3 N–H and O–H groups in total. The molecule has 2 amide bonds. The van der Waals surface area contributed by atoms with Crippen LogP contribution in [0.15, 0.2) is 44.0 Å². The highest BCUT2D eigenvalue weighted by Gasteiger charge is 2.64. The highest BCUT2D eigenvalue weighted by molar-refractivity contribution is 8.01. The van der Waals surface area contributed by atoms with Crippen molar-refractivity contribution >= 4 is 29.5 Å². The van der Waals surface area contributed by atoms with Crippen molar-refractivity contribution in [3.8, 4) is 0 Å². The summed E-state index contributed by atoms with van der Waals surface area (Å²) >= 11 is 1.40. The molecule has 170 valence electrons. The molecule has 1 aromatic heterocycles. The van der Waals surface area contributed by atoms with Gasteiger partial charge >= 0.3 is 11.8 Å². The number of hydrogen-bond donors (Lipinski definition) is 2. The average molecular weight is 461 g/mol. The smallest absolute Gasteiger partial charge is 0.456 e. The largest absolute Gasteiger partial charge is 0.519 e. The fourth-order valence-corrected chi connectivity index (χ4v) is 5.52. The van der Waals surface area contributed by atoms with E-state index < -0.39 is 45.9 Å². The summed E-state index contributed by atoms with van der Waals surface area (Å²) in [5.74, 6) is -2.03. The van der Waals surface area contributed by atoms with E-state index in [0.29, 0.717) is 5.56 Å². The number of ether oxygens (including phenoxy) is 1. The van der Waals surface area contributed by atoms with Crippen LogP contribution in [-0.2, 0) is 25.7 Å². The van der Waals surface area contributed by atoms with Gasteiger partial charge in [0.15, 0.2) is 18.1 Å². The molecule has 0 aliphatic carbocycles. The fraction of sp³-hybridized carbons (Fsp3) is 0.429. The minimum Gasteiger partial charge on any atom is -0.456 e. The first-order chi connectivity index (χ1) is 15.1. The number of amides is 2. The topological polar surface area (TPSA) is 145 Å². The third-order valence-electron chi connectivity index (χ3n) is 5.58. The summed E-state index contributed by atoms with van der Waals surface area (Å²) in [6, 6.07) is 6.30. The van der Waals surface area contributed by atoms with Crippen LogP contribution in [0.1, 0.15) is 37.0 Å². The summed E-state index contributed by atoms with van der Waals surface area (Å²) in [5.41, 5.74) is 6.66. The lowest BCUT2D eigenvalue weighted by molar-refractivity contribution is -0.165. The van der Waals surface area contributed by atoms with Gasteiger partial charge in [-0.1, -0.05) is 30.3 Å². The summed E-state index contributed by atoms with van der Waals surface area (Å²) in [6.07, 6.45) is 0. The standard InChI is InChI=1S/C21H23N3O7S/c1-10-12(31-20(28)30-10)9-29-19(27)15-21(2,3)32-18-14(17(26)24(15)18)23-16(25)13(22)11-7-5-4-6-8-11/h4-8,13-15,18H,9,22H2,1-3H3,(H,23,25)/t13-,14-,15-,18-/m1/s1. The molecule has 32 heavy (non-hydrogen) atoms. The van der Waals surface area contributed by atoms with Gasteiger partial charge in [-0.25, -0.2) is 9.59 Å². The normalized spacial score (nSPS) is 24.4. The van der Waals surface area contributed by atoms with E-state index in [-0.39, 0.29) is 24.0 Å². The number of fused-ring (bicyclic) bond motifs is 1. The lowest BCUT2D eigenvalue weighted by Gasteiger charge is -2.44. The fourth-order valence-electron chi connectivity index (χ4n) is 3.90. The highest BCUT2D eigenvalue weighted by Crippen LogP contribution is 2.51. The summed E-state index contributed by atoms with van der Waals surface area (Å²) in [6.45, 7) is 4.89. The van der Waals surface area contributed by atoms with E-state index in [1.807, 2.05) is 19.9 Å². The lowest BCUT2D eigenvalue weighted by atomic mass is 9.95. The average Bonchev–Trinajstić information content (AvgIpc) is 3.22. The number of thioether (sulfide) groups is 1. The van der Waals surface area contributed by atoms with E-state index in [1.165, 1.54) is 23.6 Å². The van der Waals surface area contributed by atoms with Gasteiger partial charge in [-0.2, -0.15) is 0 Å². The van der Waals surface area contributed by atoms with Gasteiger partial charge in [-0.05, 0) is 26.3 Å². The predicted octanol–water partition coefficient (Wildman–Crippen LogP) is 0.832. The second kappa shape index (κ2) is 8.14. The Morgan fingerprint density at radius 1 is 1.25 bits per heavy atom. The van der Waals surface area contributed by atoms with Gasteiger partial charge in [-0.15, -0.1) is 11.8 Å². The maximum Gasteiger partial charge on any atom is 0.519 e. The lowest BCUT2D eigenvalue weighted by Crippen LogP contribution is -2.71. The number of hydrogen-bond acceptors (Lipinski definition) is 9. The predicted molar refractivity (Wildman–Crippen MR) is 113 cm³/mol. The van der Waals surface area contributed by atoms with Crippen molar-refractivity contribution in [2.45, 2.75) is 55.6 Å². The molecule has 4 atom stereocenters. The molecule has 4 rings (SSSR count). The number of esters is 1. The SMILES string of the molecule is Cc1oc(=O)oc1COC(=O)[C@H]1N2C(=O)[C@@H](NC(=O)[C@H](N)c3ccccc3)[C@H]2SC1(C)C. The maximum atomic E-state index is 12.8. The van der Waals surface area contributed by atoms with E-state index in [4.69, 9.17) is 19.3 Å². The van der Waals surface area contributed by atoms with Gasteiger partial charge in [0.1, 0.15) is 23.5 Å². The van der Waals surface area contributed by atoms with E-state index in [9.17, 15) is 19.2 Å². The first-order valence-corrected chi connectivity index (χ1v) is 10.8. The monoisotopic (exact) mass is 461 g/mol. The number of rotatable bonds is 6. The third kappa shape index (κ3) is 3.82. The minimum atomic E-state index is -0.911. The molecule has 3 heterocycles. The molecule has 0 radical (unpaired) electrons. The van der Waals surface area contributed by atoms with Crippen LogP contribution in [0.4, 0.5) is 0 Å². The molecule has 0 saturated carbocycles. The Labute approximate surface area is 187 Å². The molecule has 1 aromatic carbocycles. The van der Waals surface area contributed by atoms with Crippen LogP contribution in [0.2, 0.25) is 0 Å². The Hall–Kier alpha value is -3.05. The van der Waals surface area contributed by atoms with Gasteiger partial charge in [0.05, 0.1) is 0 Å². The van der Waals surface area contributed by atoms with Crippen LogP contribution in [0.5, 0.6) is 0 Å². The van der Waals surface area contributed by atoms with Crippen LogP contribution in [0.3, 0.4) is 0 Å². The Morgan fingerprint density at radius 3 is 2.56 bits per heavy atom. The van der Waals surface area contributed by atoms with Crippen molar-refractivity contribution in [1.29, 1.82) is 0 Å². The van der Waals surface area contributed by atoms with Crippen LogP contribution in [-0.4, -0.2) is 44.9 Å². The first-order valence-electron chi connectivity index (χ1n) is 9.97. The zero-order valence-electron chi connectivity index (χ0n) is 17.7. The molecule has 0 bridgehead atoms. The van der Waals surface area contributed by atoms with Gasteiger partial charge in [0.2, 0.25) is 11.8 Å². The van der Waals surface area contributed by atoms with Crippen LogP contribution in [0.25, 0.3) is 0 Å². The third-order valence-corrected chi connectivity index (χ3v) is 7.16. The van der Waals surface area contributed by atoms with Crippen molar-refractivity contribution in [2.24, 2.45) is 5.73 Å². The minimum absolute atomic E-state index is 0.110. The van der Waals surface area contributed by atoms with Crippen molar-refractivity contribution in [3.63, 3.8) is 0 Å². The van der Waals surface area contributed by atoms with E-state index >= 15 is 0 Å². The van der Waals surface area contributed by atoms with E-state index in [1.54, 1.807) is 24.3 Å². The Balaban J connectivity index is 1.42. The first kappa shape index (κ1) is 22.2. The van der Waals surface area contributed by atoms with Crippen LogP contribution >= 0.6 is 11.8 Å². The van der Waals surface area contributed by atoms with Crippen LogP contribution < -0.4 is 16.9 Å². The van der Waals surface area contributed by atoms with Crippen molar-refractivity contribution in [1.82, 2.24) is 10.2 Å². The van der Waals surface area contributed by atoms with E-state index in [0.717, 1.165) is 0 Å². The molecule has 2 aliphatic rings. The zero-order chi connectivity index (χ0) is 23.2. The highest BCUT2D eigenvalue weighted by atomic mass is 32.2. The molecular formula is C21H23N3O7S. The van der Waals surface area contributed by atoms with Gasteiger partial charge in [-0.3, -0.25) is 9.59 Å². The summed E-state index contributed by atoms with van der Waals surface area (Å²) < 4.78 is 14.2. The van der Waals surface area contributed by atoms with Crippen molar-refractivity contribution in [2.75, 3.05) is 0 Å². The molecule has 10 nitrogen and oxygen atoms in total. The Bertz CT molecular complexity index is 1110. The maximum absolute atomic E-state index is 12.8. The number of nitrogens with one attached hydrogen (secondary N) is 1. The number of benzene rings is 1. The molecule has 11 heteroatoms. The summed E-state index contributed by atoms with van der Waals surface area (Å²) in [7, 11) is 0. The van der Waals surface area contributed by atoms with E-state index in [2.05, 4.69) is 5.32 Å². The molecular weight excluding hydrogens is 438 g/mol. The number of aryl methyl sites for hydroxylation is 1. The molecule has 2 saturated heterocycles. The molecule has 2 aromatic rings. The number of nitrogens with zero attached hydrogens (tertiary/aromatic N) is 1. The quantitative estimate of drug-likeness (QED) is 0.472. The summed E-state index contributed by atoms with van der Waals surface area (Å²) in [5, 5.41) is 2.29. The molecule has 0 unspecified atom stereocenters. The second-order valence-electron chi connectivity index (χ2n) is 8.18.